The number of hydrogen-bond acceptors (Lipinski definition) is 3. The summed E-state index contributed by atoms with van der Waals surface area (Å²) in [5.74, 6) is 0.0422. The van der Waals surface area contributed by atoms with Gasteiger partial charge in [-0.25, -0.2) is 0 Å². The first-order chi connectivity index (χ1) is 12.8. The number of hydrogen-bond donors (Lipinski definition) is 2. The lowest BCUT2D eigenvalue weighted by molar-refractivity contribution is -0.137. The average molecular weight is 412 g/mol. The number of pyridine rings is 1. The molecule has 2 N–H and O–H groups in total. The molecule has 2 aliphatic rings. The quantitative estimate of drug-likeness (QED) is 0.779. The molecule has 1 aromatic heterocycles. The second-order valence-electron chi connectivity index (χ2n) is 7.32. The van der Waals surface area contributed by atoms with Gasteiger partial charge in [-0.2, -0.15) is 13.2 Å². The van der Waals surface area contributed by atoms with Gasteiger partial charge in [0.15, 0.2) is 0 Å². The highest BCUT2D eigenvalue weighted by molar-refractivity contribution is 5.88. The third kappa shape index (κ3) is 3.73. The summed E-state index contributed by atoms with van der Waals surface area (Å²) in [5, 5.41) is 6.32. The summed E-state index contributed by atoms with van der Waals surface area (Å²) in [6, 6.07) is 8.87. The van der Waals surface area contributed by atoms with Crippen LogP contribution in [0.25, 0.3) is 11.1 Å². The van der Waals surface area contributed by atoms with E-state index < -0.39 is 17.3 Å². The van der Waals surface area contributed by atoms with Crippen LogP contribution in [-0.4, -0.2) is 23.0 Å². The molecule has 0 bridgehead atoms. The second-order valence-corrected chi connectivity index (χ2v) is 7.32. The van der Waals surface area contributed by atoms with Crippen LogP contribution in [0.15, 0.2) is 36.4 Å². The standard InChI is InChI=1S/C20H20F3N3O.ClH/c1-12-10-14(13-2-4-15(5-3-13)20(21,22)23)11-17(25-12)16-6-7-19(26-16)8-9-24-18(19)27;/h2-5,10-11,16,26H,6-9H2,1H3,(H,24,27);1H/t16-,19-;/m1./s1. The van der Waals surface area contributed by atoms with Gasteiger partial charge >= 0.3 is 6.18 Å². The summed E-state index contributed by atoms with van der Waals surface area (Å²) < 4.78 is 38.3. The van der Waals surface area contributed by atoms with Gasteiger partial charge in [-0.1, -0.05) is 12.1 Å². The van der Waals surface area contributed by atoms with E-state index in [9.17, 15) is 18.0 Å². The van der Waals surface area contributed by atoms with E-state index in [1.54, 1.807) is 0 Å². The molecule has 2 aromatic rings. The lowest BCUT2D eigenvalue weighted by atomic mass is 9.96. The zero-order valence-electron chi connectivity index (χ0n) is 15.3. The lowest BCUT2D eigenvalue weighted by Gasteiger charge is -2.22. The Hall–Kier alpha value is -2.12. The zero-order valence-corrected chi connectivity index (χ0v) is 16.1. The minimum atomic E-state index is -4.35. The van der Waals surface area contributed by atoms with Crippen LogP contribution >= 0.6 is 12.4 Å². The second kappa shape index (κ2) is 7.37. The van der Waals surface area contributed by atoms with Gasteiger partial charge in [0.05, 0.1) is 17.3 Å². The van der Waals surface area contributed by atoms with Crippen molar-refractivity contribution in [3.05, 3.63) is 53.3 Å². The molecule has 3 heterocycles. The molecule has 8 heteroatoms. The molecule has 2 atom stereocenters. The number of rotatable bonds is 2. The number of nitrogens with zero attached hydrogens (tertiary/aromatic N) is 1. The van der Waals surface area contributed by atoms with E-state index >= 15 is 0 Å². The van der Waals surface area contributed by atoms with Gasteiger partial charge in [-0.05, 0) is 61.6 Å². The van der Waals surface area contributed by atoms with Gasteiger partial charge in [0, 0.05) is 12.2 Å². The maximum atomic E-state index is 12.8. The fourth-order valence-corrected chi connectivity index (χ4v) is 4.03. The molecule has 2 fully saturated rings. The summed E-state index contributed by atoms with van der Waals surface area (Å²) in [5.41, 5.74) is 1.97. The van der Waals surface area contributed by atoms with Gasteiger partial charge in [-0.3, -0.25) is 15.1 Å². The number of alkyl halides is 3. The zero-order chi connectivity index (χ0) is 19.2. The highest BCUT2D eigenvalue weighted by Crippen LogP contribution is 2.38. The van der Waals surface area contributed by atoms with Crippen molar-refractivity contribution in [2.75, 3.05) is 6.54 Å². The van der Waals surface area contributed by atoms with Crippen molar-refractivity contribution in [1.29, 1.82) is 0 Å². The number of halogens is 4. The average Bonchev–Trinajstić information content (AvgIpc) is 3.21. The van der Waals surface area contributed by atoms with E-state index in [0.29, 0.717) is 12.1 Å². The highest BCUT2D eigenvalue weighted by atomic mass is 35.5. The molecule has 0 saturated carbocycles. The van der Waals surface area contributed by atoms with Crippen LogP contribution in [0.3, 0.4) is 0 Å². The van der Waals surface area contributed by atoms with Crippen molar-refractivity contribution in [3.8, 4) is 11.1 Å². The molecule has 4 rings (SSSR count). The fourth-order valence-electron chi connectivity index (χ4n) is 4.03. The third-order valence-corrected chi connectivity index (χ3v) is 5.46. The molecule has 1 aromatic carbocycles. The molecule has 0 radical (unpaired) electrons. The Kier molecular flexibility index (Phi) is 5.42. The Morgan fingerprint density at radius 3 is 2.43 bits per heavy atom. The molecule has 1 spiro atoms. The van der Waals surface area contributed by atoms with Crippen molar-refractivity contribution in [1.82, 2.24) is 15.6 Å². The van der Waals surface area contributed by atoms with Crippen LogP contribution in [0.2, 0.25) is 0 Å². The Morgan fingerprint density at radius 1 is 1.11 bits per heavy atom. The van der Waals surface area contributed by atoms with Crippen LogP contribution in [0, 0.1) is 6.92 Å². The van der Waals surface area contributed by atoms with Crippen LogP contribution < -0.4 is 10.6 Å². The van der Waals surface area contributed by atoms with Crippen LogP contribution in [0.5, 0.6) is 0 Å². The van der Waals surface area contributed by atoms with E-state index in [-0.39, 0.29) is 24.4 Å². The highest BCUT2D eigenvalue weighted by Gasteiger charge is 2.48. The third-order valence-electron chi connectivity index (χ3n) is 5.46. The van der Waals surface area contributed by atoms with Crippen molar-refractivity contribution in [2.24, 2.45) is 0 Å². The number of amides is 1. The molecule has 4 nitrogen and oxygen atoms in total. The van der Waals surface area contributed by atoms with Gasteiger partial charge in [-0.15, -0.1) is 12.4 Å². The van der Waals surface area contributed by atoms with Crippen molar-refractivity contribution < 1.29 is 18.0 Å². The minimum absolute atomic E-state index is 0. The van der Waals surface area contributed by atoms with Crippen molar-refractivity contribution in [2.45, 2.75) is 43.9 Å². The summed E-state index contributed by atoms with van der Waals surface area (Å²) in [6.07, 6.45) is -2.02. The van der Waals surface area contributed by atoms with Crippen LogP contribution in [0.1, 0.15) is 42.3 Å². The molecule has 2 aliphatic heterocycles. The monoisotopic (exact) mass is 411 g/mol. The van der Waals surface area contributed by atoms with Gasteiger partial charge in [0.25, 0.3) is 0 Å². The molecule has 28 heavy (non-hydrogen) atoms. The predicted molar refractivity (Wildman–Crippen MR) is 102 cm³/mol. The first-order valence-corrected chi connectivity index (χ1v) is 8.99. The largest absolute Gasteiger partial charge is 0.416 e. The number of aromatic nitrogens is 1. The predicted octanol–water partition coefficient (Wildman–Crippen LogP) is 4.18. The molecular formula is C20H21ClF3N3O. The van der Waals surface area contributed by atoms with E-state index in [4.69, 9.17) is 0 Å². The minimum Gasteiger partial charge on any atom is -0.354 e. The number of nitrogens with one attached hydrogen (secondary N) is 2. The Balaban J connectivity index is 0.00000225. The molecule has 0 aliphatic carbocycles. The SMILES string of the molecule is Cc1cc(-c2ccc(C(F)(F)F)cc2)cc([C@H]2CC[C@]3(CCNC3=O)N2)n1.Cl. The first-order valence-electron chi connectivity index (χ1n) is 8.99. The van der Waals surface area contributed by atoms with E-state index in [1.165, 1.54) is 12.1 Å². The maximum Gasteiger partial charge on any atom is 0.416 e. The summed E-state index contributed by atoms with van der Waals surface area (Å²) in [4.78, 5) is 16.8. The molecule has 1 amide bonds. The smallest absolute Gasteiger partial charge is 0.354 e. The summed E-state index contributed by atoms with van der Waals surface area (Å²) >= 11 is 0. The van der Waals surface area contributed by atoms with Crippen molar-refractivity contribution >= 4 is 18.3 Å². The van der Waals surface area contributed by atoms with Gasteiger partial charge in [0.2, 0.25) is 5.91 Å². The number of carbonyl (C=O) groups is 1. The van der Waals surface area contributed by atoms with Gasteiger partial charge < -0.3 is 5.32 Å². The normalized spacial score (nSPS) is 24.3. The maximum absolute atomic E-state index is 12.8. The number of aryl methyl sites for hydroxylation is 1. The molecule has 2 saturated heterocycles. The van der Waals surface area contributed by atoms with E-state index in [1.807, 2.05) is 19.1 Å². The lowest BCUT2D eigenvalue weighted by Crippen LogP contribution is -2.47. The van der Waals surface area contributed by atoms with E-state index in [0.717, 1.165) is 48.3 Å². The molecule has 0 unspecified atom stereocenters. The van der Waals surface area contributed by atoms with Crippen molar-refractivity contribution in [3.63, 3.8) is 0 Å². The molecular weight excluding hydrogens is 391 g/mol. The Morgan fingerprint density at radius 2 is 1.82 bits per heavy atom. The summed E-state index contributed by atoms with van der Waals surface area (Å²) in [7, 11) is 0. The van der Waals surface area contributed by atoms with Crippen LogP contribution in [-0.2, 0) is 11.0 Å². The number of benzene rings is 1. The fraction of sp³-hybridized carbons (Fsp3) is 0.400. The number of carbonyl (C=O) groups excluding carboxylic acids is 1. The summed E-state index contributed by atoms with van der Waals surface area (Å²) in [6.45, 7) is 2.54. The topological polar surface area (TPSA) is 54.0 Å². The Bertz CT molecular complexity index is 885. The van der Waals surface area contributed by atoms with Crippen LogP contribution in [0.4, 0.5) is 13.2 Å². The Labute approximate surface area is 167 Å². The molecule has 150 valence electrons. The first kappa shape index (κ1) is 20.6. The van der Waals surface area contributed by atoms with Gasteiger partial charge in [0.1, 0.15) is 5.54 Å². The van der Waals surface area contributed by atoms with E-state index in [2.05, 4.69) is 15.6 Å².